The van der Waals surface area contributed by atoms with Gasteiger partial charge in [-0.2, -0.15) is 0 Å². The zero-order valence-electron chi connectivity index (χ0n) is 16.1. The lowest BCUT2D eigenvalue weighted by Gasteiger charge is -2.33. The Morgan fingerprint density at radius 3 is 2.75 bits per heavy atom. The number of nitrogens with zero attached hydrogens (tertiary/aromatic N) is 1. The maximum atomic E-state index is 12.5. The van der Waals surface area contributed by atoms with E-state index in [0.29, 0.717) is 17.1 Å². The largest absolute Gasteiger partial charge is 0.371 e. The second-order valence-electron chi connectivity index (χ2n) is 7.09. The first-order valence-corrected chi connectivity index (χ1v) is 11.5. The third kappa shape index (κ3) is 5.78. The highest BCUT2D eigenvalue weighted by Gasteiger charge is 2.21. The first-order valence-electron chi connectivity index (χ1n) is 9.60. The molecule has 1 aliphatic rings. The minimum atomic E-state index is -3.53. The normalized spacial score (nSPS) is 18.3. The number of aryl methyl sites for hydroxylation is 1. The van der Waals surface area contributed by atoms with E-state index in [1.807, 2.05) is 18.2 Å². The van der Waals surface area contributed by atoms with Crippen molar-refractivity contribution in [3.63, 3.8) is 0 Å². The molecule has 2 aromatic carbocycles. The molecule has 2 aromatic rings. The minimum absolute atomic E-state index is 0.110. The number of halogens is 1. The number of hydrogen-bond donors (Lipinski definition) is 1. The predicted octanol–water partition coefficient (Wildman–Crippen LogP) is 3.78. The number of nitrogens with one attached hydrogen (secondary N) is 1. The van der Waals surface area contributed by atoms with Crippen LogP contribution in [0.15, 0.2) is 53.4 Å². The highest BCUT2D eigenvalue weighted by Crippen LogP contribution is 2.22. The maximum absolute atomic E-state index is 12.5. The number of sulfonamides is 1. The van der Waals surface area contributed by atoms with Gasteiger partial charge in [0.1, 0.15) is 0 Å². The third-order valence-electron chi connectivity index (χ3n) is 4.95. The SMILES string of the molecule is Cc1ccc(Cl)cc1S(=O)(=O)NCCCCN1CCO[C@@H](c2ccccc2)C1. The molecule has 0 amide bonds. The van der Waals surface area contributed by atoms with Crippen molar-refractivity contribution in [3.05, 3.63) is 64.7 Å². The van der Waals surface area contributed by atoms with E-state index < -0.39 is 10.0 Å². The van der Waals surface area contributed by atoms with Gasteiger partial charge in [0.05, 0.1) is 17.6 Å². The van der Waals surface area contributed by atoms with Crippen LogP contribution in [0.25, 0.3) is 0 Å². The van der Waals surface area contributed by atoms with Crippen LogP contribution in [0.5, 0.6) is 0 Å². The summed E-state index contributed by atoms with van der Waals surface area (Å²) in [7, 11) is -3.53. The third-order valence-corrected chi connectivity index (χ3v) is 6.79. The Morgan fingerprint density at radius 1 is 1.18 bits per heavy atom. The van der Waals surface area contributed by atoms with Crippen LogP contribution in [0.4, 0.5) is 0 Å². The molecule has 0 aliphatic carbocycles. The van der Waals surface area contributed by atoms with E-state index in [1.54, 1.807) is 19.1 Å². The first-order chi connectivity index (χ1) is 13.5. The summed E-state index contributed by atoms with van der Waals surface area (Å²) < 4.78 is 33.5. The van der Waals surface area contributed by atoms with Crippen molar-refractivity contribution in [2.24, 2.45) is 0 Å². The highest BCUT2D eigenvalue weighted by molar-refractivity contribution is 7.89. The van der Waals surface area contributed by atoms with E-state index in [4.69, 9.17) is 16.3 Å². The minimum Gasteiger partial charge on any atom is -0.371 e. The lowest BCUT2D eigenvalue weighted by Crippen LogP contribution is -2.39. The van der Waals surface area contributed by atoms with Gasteiger partial charge in [-0.05, 0) is 49.6 Å². The molecule has 3 rings (SSSR count). The summed E-state index contributed by atoms with van der Waals surface area (Å²) in [6.45, 7) is 5.63. The fraction of sp³-hybridized carbons (Fsp3) is 0.429. The second-order valence-corrected chi connectivity index (χ2v) is 9.26. The lowest BCUT2D eigenvalue weighted by atomic mass is 10.1. The molecule has 0 bridgehead atoms. The number of morpholine rings is 1. The zero-order chi connectivity index (χ0) is 20.0. The van der Waals surface area contributed by atoms with Gasteiger partial charge >= 0.3 is 0 Å². The lowest BCUT2D eigenvalue weighted by molar-refractivity contribution is -0.0303. The quantitative estimate of drug-likeness (QED) is 0.657. The molecule has 0 radical (unpaired) electrons. The molecule has 5 nitrogen and oxygen atoms in total. The van der Waals surface area contributed by atoms with Crippen LogP contribution in [0, 0.1) is 6.92 Å². The van der Waals surface area contributed by atoms with Crippen molar-refractivity contribution in [3.8, 4) is 0 Å². The fourth-order valence-electron chi connectivity index (χ4n) is 3.38. The molecule has 1 atom stereocenters. The summed E-state index contributed by atoms with van der Waals surface area (Å²) in [5, 5.41) is 0.422. The van der Waals surface area contributed by atoms with Gasteiger partial charge in [-0.1, -0.05) is 48.0 Å². The Labute approximate surface area is 172 Å². The summed E-state index contributed by atoms with van der Waals surface area (Å²) in [6, 6.07) is 15.2. The number of rotatable bonds is 8. The zero-order valence-corrected chi connectivity index (χ0v) is 17.7. The number of benzene rings is 2. The Balaban J connectivity index is 1.42. The summed E-state index contributed by atoms with van der Waals surface area (Å²) in [5.41, 5.74) is 1.90. The van der Waals surface area contributed by atoms with Crippen LogP contribution in [0.2, 0.25) is 5.02 Å². The van der Waals surface area contributed by atoms with Crippen molar-refractivity contribution < 1.29 is 13.2 Å². The maximum Gasteiger partial charge on any atom is 0.240 e. The molecular weight excluding hydrogens is 396 g/mol. The smallest absolute Gasteiger partial charge is 0.240 e. The number of ether oxygens (including phenoxy) is 1. The Hall–Kier alpha value is -1.44. The van der Waals surface area contributed by atoms with Crippen molar-refractivity contribution in [1.82, 2.24) is 9.62 Å². The molecular formula is C21H27ClN2O3S. The van der Waals surface area contributed by atoms with Crippen molar-refractivity contribution >= 4 is 21.6 Å². The van der Waals surface area contributed by atoms with E-state index in [-0.39, 0.29) is 11.0 Å². The summed E-state index contributed by atoms with van der Waals surface area (Å²) in [6.07, 6.45) is 1.82. The van der Waals surface area contributed by atoms with Crippen LogP contribution in [-0.4, -0.2) is 46.1 Å². The monoisotopic (exact) mass is 422 g/mol. The van der Waals surface area contributed by atoms with Gasteiger partial charge < -0.3 is 4.74 Å². The van der Waals surface area contributed by atoms with Gasteiger partial charge in [-0.15, -0.1) is 0 Å². The fourth-order valence-corrected chi connectivity index (χ4v) is 4.96. The van der Waals surface area contributed by atoms with Crippen LogP contribution >= 0.6 is 11.6 Å². The van der Waals surface area contributed by atoms with Gasteiger partial charge in [0, 0.05) is 24.7 Å². The van der Waals surface area contributed by atoms with Gasteiger partial charge in [0.25, 0.3) is 0 Å². The molecule has 0 spiro atoms. The molecule has 1 saturated heterocycles. The summed E-state index contributed by atoms with van der Waals surface area (Å²) in [4.78, 5) is 2.63. The van der Waals surface area contributed by atoms with Crippen molar-refractivity contribution in [2.45, 2.75) is 30.8 Å². The molecule has 0 saturated carbocycles. The first kappa shape index (κ1) is 21.3. The molecule has 0 aromatic heterocycles. The Morgan fingerprint density at radius 2 is 1.96 bits per heavy atom. The van der Waals surface area contributed by atoms with E-state index in [0.717, 1.165) is 39.1 Å². The standard InChI is InChI=1S/C21H27ClN2O3S/c1-17-9-10-19(22)15-21(17)28(25,26)23-11-5-6-12-24-13-14-27-20(16-24)18-7-3-2-4-8-18/h2-4,7-10,15,20,23H,5-6,11-14,16H2,1H3/t20-/m1/s1. The van der Waals surface area contributed by atoms with E-state index in [9.17, 15) is 8.42 Å². The van der Waals surface area contributed by atoms with Gasteiger partial charge in [0.2, 0.25) is 10.0 Å². The Kier molecular flexibility index (Phi) is 7.48. The second kappa shape index (κ2) is 9.85. The van der Waals surface area contributed by atoms with E-state index in [1.165, 1.54) is 11.6 Å². The topological polar surface area (TPSA) is 58.6 Å². The predicted molar refractivity (Wildman–Crippen MR) is 112 cm³/mol. The van der Waals surface area contributed by atoms with E-state index >= 15 is 0 Å². The summed E-state index contributed by atoms with van der Waals surface area (Å²) >= 11 is 5.94. The molecule has 152 valence electrons. The van der Waals surface area contributed by atoms with Crippen LogP contribution < -0.4 is 4.72 Å². The molecule has 1 aliphatic heterocycles. The Bertz CT molecular complexity index is 874. The number of unbranched alkanes of at least 4 members (excludes halogenated alkanes) is 1. The van der Waals surface area contributed by atoms with Gasteiger partial charge in [-0.3, -0.25) is 4.90 Å². The molecule has 1 fully saturated rings. The van der Waals surface area contributed by atoms with E-state index in [2.05, 4.69) is 21.8 Å². The van der Waals surface area contributed by atoms with Crippen molar-refractivity contribution in [2.75, 3.05) is 32.8 Å². The average molecular weight is 423 g/mol. The molecule has 7 heteroatoms. The molecule has 1 N–H and O–H groups in total. The molecule has 0 unspecified atom stereocenters. The number of hydrogen-bond acceptors (Lipinski definition) is 4. The van der Waals surface area contributed by atoms with Gasteiger partial charge in [-0.25, -0.2) is 13.1 Å². The molecule has 28 heavy (non-hydrogen) atoms. The van der Waals surface area contributed by atoms with Crippen LogP contribution in [-0.2, 0) is 14.8 Å². The van der Waals surface area contributed by atoms with Crippen LogP contribution in [0.1, 0.15) is 30.1 Å². The van der Waals surface area contributed by atoms with Gasteiger partial charge in [0.15, 0.2) is 0 Å². The summed E-state index contributed by atoms with van der Waals surface area (Å²) in [5.74, 6) is 0. The average Bonchev–Trinajstić information content (AvgIpc) is 2.70. The highest BCUT2D eigenvalue weighted by atomic mass is 35.5. The van der Waals surface area contributed by atoms with Crippen molar-refractivity contribution in [1.29, 1.82) is 0 Å². The molecule has 1 heterocycles. The van der Waals surface area contributed by atoms with Crippen LogP contribution in [0.3, 0.4) is 0 Å².